The van der Waals surface area contributed by atoms with Crippen LogP contribution in [-0.2, 0) is 0 Å². The first-order chi connectivity index (χ1) is 16.8. The number of hydrogen-bond donors (Lipinski definition) is 0. The van der Waals surface area contributed by atoms with Crippen molar-refractivity contribution >= 4 is 0 Å². The first kappa shape index (κ1) is 21.4. The van der Waals surface area contributed by atoms with Gasteiger partial charge < -0.3 is 18.9 Å². The molecule has 0 saturated carbocycles. The Labute approximate surface area is 199 Å². The molecule has 0 heterocycles. The maximum Gasteiger partial charge on any atom is 0.211 e. The van der Waals surface area contributed by atoms with Crippen molar-refractivity contribution in [3.8, 4) is 23.0 Å². The summed E-state index contributed by atoms with van der Waals surface area (Å²) in [5.74, 6) is 5.19. The molecular weight excluding hydrogens is 424 g/mol. The lowest BCUT2D eigenvalue weighted by atomic mass is 10.1. The summed E-state index contributed by atoms with van der Waals surface area (Å²) in [5, 5.41) is 0. The number of para-hydroxylation sites is 4. The summed E-state index contributed by atoms with van der Waals surface area (Å²) in [6, 6.07) is 38.6. The minimum Gasteiger partial charge on any atom is -0.458 e. The molecule has 0 atom stereocenters. The Bertz CT molecular complexity index is 1160. The van der Waals surface area contributed by atoms with Gasteiger partial charge in [-0.2, -0.15) is 0 Å². The third-order valence-corrected chi connectivity index (χ3v) is 5.19. The van der Waals surface area contributed by atoms with Crippen molar-refractivity contribution in [2.75, 3.05) is 0 Å². The van der Waals surface area contributed by atoms with Crippen molar-refractivity contribution in [2.24, 2.45) is 0 Å². The summed E-state index contributed by atoms with van der Waals surface area (Å²) in [6.07, 6.45) is 1.20. The van der Waals surface area contributed by atoms with Gasteiger partial charge in [-0.1, -0.05) is 72.8 Å². The summed E-state index contributed by atoms with van der Waals surface area (Å²) in [7, 11) is 0. The van der Waals surface area contributed by atoms with Gasteiger partial charge in [-0.05, 0) is 48.5 Å². The zero-order chi connectivity index (χ0) is 23.0. The third-order valence-electron chi connectivity index (χ3n) is 5.19. The van der Waals surface area contributed by atoms with Crippen LogP contribution >= 0.6 is 0 Å². The van der Waals surface area contributed by atoms with Crippen molar-refractivity contribution in [3.63, 3.8) is 0 Å². The molecule has 4 nitrogen and oxygen atoms in total. The van der Waals surface area contributed by atoms with Gasteiger partial charge in [-0.25, -0.2) is 0 Å². The second kappa shape index (κ2) is 10.5. The number of hydrogen-bond acceptors (Lipinski definition) is 4. The number of ether oxygens (including phenoxy) is 4. The van der Waals surface area contributed by atoms with Gasteiger partial charge >= 0.3 is 0 Å². The SMILES string of the molecule is c1ccc(OC2=C(Oc3ccccc3)C(Oc3ccccc3)=C(Oc3ccccc3)CC2)cc1. The second-order valence-corrected chi connectivity index (χ2v) is 7.67. The van der Waals surface area contributed by atoms with Crippen LogP contribution in [0.3, 0.4) is 0 Å². The largest absolute Gasteiger partial charge is 0.458 e. The summed E-state index contributed by atoms with van der Waals surface area (Å²) in [5.41, 5.74) is 0. The first-order valence-corrected chi connectivity index (χ1v) is 11.2. The fraction of sp³-hybridized carbons (Fsp3) is 0.0667. The molecule has 4 heteroatoms. The van der Waals surface area contributed by atoms with E-state index in [2.05, 4.69) is 0 Å². The lowest BCUT2D eigenvalue weighted by molar-refractivity contribution is 0.255. The molecule has 5 rings (SSSR count). The van der Waals surface area contributed by atoms with E-state index in [0.29, 0.717) is 47.4 Å². The molecule has 0 radical (unpaired) electrons. The van der Waals surface area contributed by atoms with Crippen LogP contribution in [-0.4, -0.2) is 0 Å². The van der Waals surface area contributed by atoms with Gasteiger partial charge in [0.25, 0.3) is 0 Å². The number of allylic oxidation sites excluding steroid dienone is 2. The van der Waals surface area contributed by atoms with Crippen molar-refractivity contribution in [3.05, 3.63) is 144 Å². The van der Waals surface area contributed by atoms with E-state index in [1.165, 1.54) is 0 Å². The summed E-state index contributed by atoms with van der Waals surface area (Å²) in [4.78, 5) is 0. The molecule has 0 spiro atoms. The highest BCUT2D eigenvalue weighted by Gasteiger charge is 2.30. The van der Waals surface area contributed by atoms with Gasteiger partial charge in [0, 0.05) is 12.8 Å². The molecule has 0 aromatic heterocycles. The fourth-order valence-electron chi connectivity index (χ4n) is 3.58. The van der Waals surface area contributed by atoms with Crippen molar-refractivity contribution in [1.82, 2.24) is 0 Å². The van der Waals surface area contributed by atoms with Gasteiger partial charge in [-0.15, -0.1) is 0 Å². The van der Waals surface area contributed by atoms with E-state index in [4.69, 9.17) is 18.9 Å². The minimum atomic E-state index is 0.496. The van der Waals surface area contributed by atoms with Gasteiger partial charge in [0.15, 0.2) is 11.5 Å². The Morgan fingerprint density at radius 2 is 0.588 bits per heavy atom. The Hall–Kier alpha value is -4.44. The maximum absolute atomic E-state index is 6.38. The lowest BCUT2D eigenvalue weighted by Crippen LogP contribution is -2.20. The molecule has 0 saturated heterocycles. The highest BCUT2D eigenvalue weighted by molar-refractivity contribution is 5.41. The Kier molecular flexibility index (Phi) is 6.58. The second-order valence-electron chi connectivity index (χ2n) is 7.67. The van der Waals surface area contributed by atoms with Crippen LogP contribution in [0.15, 0.2) is 144 Å². The normalized spacial score (nSPS) is 13.4. The predicted octanol–water partition coefficient (Wildman–Crippen LogP) is 7.52. The van der Waals surface area contributed by atoms with E-state index in [0.717, 1.165) is 11.5 Å². The monoisotopic (exact) mass is 448 g/mol. The van der Waals surface area contributed by atoms with Crippen LogP contribution in [0, 0.1) is 0 Å². The van der Waals surface area contributed by atoms with E-state index >= 15 is 0 Å². The molecule has 1 aliphatic carbocycles. The standard InChI is InChI=1S/C30H24O4/c1-5-13-23(14-6-1)31-27-21-22-28(32-24-15-7-2-8-16-24)30(34-26-19-11-4-12-20-26)29(27)33-25-17-9-3-10-18-25/h1-20H,21-22H2. The van der Waals surface area contributed by atoms with Crippen LogP contribution < -0.4 is 18.9 Å². The lowest BCUT2D eigenvalue weighted by Gasteiger charge is -2.26. The highest BCUT2D eigenvalue weighted by Crippen LogP contribution is 2.36. The smallest absolute Gasteiger partial charge is 0.211 e. The average Bonchev–Trinajstić information content (AvgIpc) is 2.90. The zero-order valence-electron chi connectivity index (χ0n) is 18.6. The van der Waals surface area contributed by atoms with Gasteiger partial charge in [0.05, 0.1) is 0 Å². The molecule has 0 aliphatic heterocycles. The Morgan fingerprint density at radius 3 is 0.882 bits per heavy atom. The van der Waals surface area contributed by atoms with Crippen molar-refractivity contribution < 1.29 is 18.9 Å². The van der Waals surface area contributed by atoms with E-state index in [1.807, 2.05) is 121 Å². The third kappa shape index (κ3) is 5.30. The summed E-state index contributed by atoms with van der Waals surface area (Å²) in [6.45, 7) is 0. The molecule has 168 valence electrons. The molecule has 4 aromatic rings. The van der Waals surface area contributed by atoms with E-state index in [-0.39, 0.29) is 0 Å². The number of benzene rings is 4. The van der Waals surface area contributed by atoms with Crippen molar-refractivity contribution in [2.45, 2.75) is 12.8 Å². The Balaban J connectivity index is 1.60. The maximum atomic E-state index is 6.38. The molecule has 4 aromatic carbocycles. The molecule has 0 fully saturated rings. The molecule has 0 bridgehead atoms. The molecule has 0 amide bonds. The molecule has 1 aliphatic rings. The van der Waals surface area contributed by atoms with Crippen LogP contribution in [0.5, 0.6) is 23.0 Å². The number of rotatable bonds is 8. The van der Waals surface area contributed by atoms with Crippen LogP contribution in [0.2, 0.25) is 0 Å². The fourth-order valence-corrected chi connectivity index (χ4v) is 3.58. The molecule has 0 N–H and O–H groups in total. The zero-order valence-corrected chi connectivity index (χ0v) is 18.6. The van der Waals surface area contributed by atoms with Gasteiger partial charge in [0.1, 0.15) is 23.0 Å². The van der Waals surface area contributed by atoms with Crippen LogP contribution in [0.4, 0.5) is 0 Å². The summed E-state index contributed by atoms with van der Waals surface area (Å²) >= 11 is 0. The van der Waals surface area contributed by atoms with E-state index in [1.54, 1.807) is 0 Å². The Morgan fingerprint density at radius 1 is 0.324 bits per heavy atom. The molecule has 34 heavy (non-hydrogen) atoms. The first-order valence-electron chi connectivity index (χ1n) is 11.2. The van der Waals surface area contributed by atoms with Crippen molar-refractivity contribution in [1.29, 1.82) is 0 Å². The summed E-state index contributed by atoms with van der Waals surface area (Å²) < 4.78 is 25.4. The van der Waals surface area contributed by atoms with Gasteiger partial charge in [-0.3, -0.25) is 0 Å². The average molecular weight is 449 g/mol. The quantitative estimate of drug-likeness (QED) is 0.279. The van der Waals surface area contributed by atoms with Gasteiger partial charge in [0.2, 0.25) is 11.5 Å². The van der Waals surface area contributed by atoms with Crippen LogP contribution in [0.25, 0.3) is 0 Å². The predicted molar refractivity (Wildman–Crippen MR) is 132 cm³/mol. The highest BCUT2D eigenvalue weighted by atomic mass is 16.6. The molecular formula is C30H24O4. The topological polar surface area (TPSA) is 36.9 Å². The molecule has 0 unspecified atom stereocenters. The minimum absolute atomic E-state index is 0.496. The van der Waals surface area contributed by atoms with E-state index < -0.39 is 0 Å². The van der Waals surface area contributed by atoms with E-state index in [9.17, 15) is 0 Å². The van der Waals surface area contributed by atoms with Crippen LogP contribution in [0.1, 0.15) is 12.8 Å².